The van der Waals surface area contributed by atoms with Crippen molar-refractivity contribution < 1.29 is 14.8 Å². The van der Waals surface area contributed by atoms with E-state index < -0.39 is 16.6 Å². The molecule has 2 heterocycles. The fourth-order valence-electron chi connectivity index (χ4n) is 3.26. The first-order valence-electron chi connectivity index (χ1n) is 7.72. The maximum Gasteiger partial charge on any atom is 0.407 e. The molecule has 1 atom stereocenters. The standard InChI is InChI=1S/C14H23N5O4/c1-4-5-6-14(2)10-17(7-8-18(14)13(20)21)12-11(19(22)23)9-15-16(12)3/h9H,4-8,10H2,1-3H3,(H,20,21). The van der Waals surface area contributed by atoms with Crippen LogP contribution in [-0.2, 0) is 7.05 Å². The highest BCUT2D eigenvalue weighted by atomic mass is 16.6. The fraction of sp³-hybridized carbons (Fsp3) is 0.714. The van der Waals surface area contributed by atoms with Gasteiger partial charge in [0.1, 0.15) is 6.20 Å². The van der Waals surface area contributed by atoms with E-state index in [-0.39, 0.29) is 5.69 Å². The van der Waals surface area contributed by atoms with E-state index >= 15 is 0 Å². The molecule has 0 radical (unpaired) electrons. The molecule has 1 aromatic heterocycles. The number of unbranched alkanes of at least 4 members (excludes halogenated alkanes) is 1. The lowest BCUT2D eigenvalue weighted by molar-refractivity contribution is -0.384. The van der Waals surface area contributed by atoms with Crippen LogP contribution in [0.4, 0.5) is 16.3 Å². The molecule has 0 spiro atoms. The van der Waals surface area contributed by atoms with Crippen LogP contribution in [0.25, 0.3) is 0 Å². The first-order chi connectivity index (χ1) is 10.8. The highest BCUT2D eigenvalue weighted by Gasteiger charge is 2.42. The van der Waals surface area contributed by atoms with Crippen LogP contribution in [0.3, 0.4) is 0 Å². The monoisotopic (exact) mass is 325 g/mol. The van der Waals surface area contributed by atoms with E-state index in [9.17, 15) is 20.0 Å². The van der Waals surface area contributed by atoms with Gasteiger partial charge in [-0.05, 0) is 13.3 Å². The number of carboxylic acid groups (broad SMARTS) is 1. The summed E-state index contributed by atoms with van der Waals surface area (Å²) in [5.41, 5.74) is -0.618. The molecule has 23 heavy (non-hydrogen) atoms. The molecule has 1 N–H and O–H groups in total. The molecule has 0 bridgehead atoms. The molecule has 0 aliphatic carbocycles. The zero-order chi connectivity index (χ0) is 17.2. The lowest BCUT2D eigenvalue weighted by atomic mass is 9.90. The van der Waals surface area contributed by atoms with Crippen molar-refractivity contribution in [2.24, 2.45) is 7.05 Å². The zero-order valence-corrected chi connectivity index (χ0v) is 13.7. The number of hydrogen-bond donors (Lipinski definition) is 1. The lowest BCUT2D eigenvalue weighted by Gasteiger charge is -2.48. The number of nitrogens with zero attached hydrogens (tertiary/aromatic N) is 5. The van der Waals surface area contributed by atoms with Crippen molar-refractivity contribution in [3.8, 4) is 0 Å². The topological polar surface area (TPSA) is 105 Å². The molecule has 1 fully saturated rings. The summed E-state index contributed by atoms with van der Waals surface area (Å²) in [7, 11) is 1.66. The summed E-state index contributed by atoms with van der Waals surface area (Å²) < 4.78 is 1.48. The molecule has 2 rings (SSSR count). The minimum absolute atomic E-state index is 0.0471. The van der Waals surface area contributed by atoms with Gasteiger partial charge in [-0.25, -0.2) is 9.48 Å². The second-order valence-electron chi connectivity index (χ2n) is 6.19. The van der Waals surface area contributed by atoms with Crippen LogP contribution < -0.4 is 4.90 Å². The van der Waals surface area contributed by atoms with Gasteiger partial charge in [0.2, 0.25) is 5.82 Å². The third-order valence-electron chi connectivity index (χ3n) is 4.46. The van der Waals surface area contributed by atoms with Crippen molar-refractivity contribution in [3.63, 3.8) is 0 Å². The number of amides is 1. The van der Waals surface area contributed by atoms with E-state index in [1.165, 1.54) is 15.8 Å². The van der Waals surface area contributed by atoms with Crippen molar-refractivity contribution in [2.75, 3.05) is 24.5 Å². The average Bonchev–Trinajstić information content (AvgIpc) is 2.86. The number of anilines is 1. The predicted molar refractivity (Wildman–Crippen MR) is 84.7 cm³/mol. The summed E-state index contributed by atoms with van der Waals surface area (Å²) in [6.45, 7) is 5.11. The summed E-state index contributed by atoms with van der Waals surface area (Å²) in [6, 6.07) is 0. The van der Waals surface area contributed by atoms with Crippen LogP contribution >= 0.6 is 0 Å². The maximum absolute atomic E-state index is 11.6. The molecule has 9 heteroatoms. The summed E-state index contributed by atoms with van der Waals surface area (Å²) in [5.74, 6) is 0.433. The zero-order valence-electron chi connectivity index (χ0n) is 13.7. The van der Waals surface area contributed by atoms with E-state index in [0.717, 1.165) is 19.3 Å². The molecule has 1 aliphatic heterocycles. The largest absolute Gasteiger partial charge is 0.465 e. The molecule has 1 aromatic rings. The van der Waals surface area contributed by atoms with Gasteiger partial charge in [0, 0.05) is 26.7 Å². The molecule has 1 saturated heterocycles. The van der Waals surface area contributed by atoms with Crippen LogP contribution in [0.1, 0.15) is 33.1 Å². The van der Waals surface area contributed by atoms with Crippen molar-refractivity contribution in [3.05, 3.63) is 16.3 Å². The van der Waals surface area contributed by atoms with Crippen LogP contribution in [0.2, 0.25) is 0 Å². The highest BCUT2D eigenvalue weighted by Crippen LogP contribution is 2.34. The Balaban J connectivity index is 2.32. The molecule has 1 aliphatic rings. The number of carbonyl (C=O) groups is 1. The summed E-state index contributed by atoms with van der Waals surface area (Å²) >= 11 is 0. The minimum Gasteiger partial charge on any atom is -0.465 e. The van der Waals surface area contributed by atoms with Gasteiger partial charge in [-0.15, -0.1) is 0 Å². The Bertz CT molecular complexity index is 602. The Kier molecular flexibility index (Phi) is 4.76. The van der Waals surface area contributed by atoms with Crippen molar-refractivity contribution in [1.29, 1.82) is 0 Å². The Hall–Kier alpha value is -2.32. The molecule has 128 valence electrons. The Labute approximate surface area is 134 Å². The van der Waals surface area contributed by atoms with E-state index in [4.69, 9.17) is 0 Å². The van der Waals surface area contributed by atoms with Gasteiger partial charge in [0.25, 0.3) is 0 Å². The predicted octanol–water partition coefficient (Wildman–Crippen LogP) is 2.08. The Morgan fingerprint density at radius 2 is 2.22 bits per heavy atom. The van der Waals surface area contributed by atoms with Gasteiger partial charge in [-0.1, -0.05) is 19.8 Å². The van der Waals surface area contributed by atoms with Gasteiger partial charge in [-0.2, -0.15) is 5.10 Å². The Morgan fingerprint density at radius 3 is 2.78 bits per heavy atom. The van der Waals surface area contributed by atoms with Gasteiger partial charge in [-0.3, -0.25) is 15.0 Å². The summed E-state index contributed by atoms with van der Waals surface area (Å²) in [5, 5.41) is 24.7. The van der Waals surface area contributed by atoms with Gasteiger partial charge >= 0.3 is 11.8 Å². The fourth-order valence-corrected chi connectivity index (χ4v) is 3.26. The van der Waals surface area contributed by atoms with E-state index in [2.05, 4.69) is 12.0 Å². The van der Waals surface area contributed by atoms with Crippen molar-refractivity contribution in [2.45, 2.75) is 38.6 Å². The molecule has 1 unspecified atom stereocenters. The lowest BCUT2D eigenvalue weighted by Crippen LogP contribution is -2.62. The SMILES string of the molecule is CCCCC1(C)CN(c2c([N+](=O)[O-])cnn2C)CCN1C(=O)O. The molecule has 1 amide bonds. The van der Waals surface area contributed by atoms with Gasteiger partial charge < -0.3 is 10.0 Å². The van der Waals surface area contributed by atoms with Crippen molar-refractivity contribution >= 4 is 17.6 Å². The number of nitro groups is 1. The number of hydrogen-bond acceptors (Lipinski definition) is 5. The van der Waals surface area contributed by atoms with Crippen molar-refractivity contribution in [1.82, 2.24) is 14.7 Å². The average molecular weight is 325 g/mol. The van der Waals surface area contributed by atoms with Crippen LogP contribution in [0.5, 0.6) is 0 Å². The number of aryl methyl sites for hydroxylation is 1. The summed E-state index contributed by atoms with van der Waals surface area (Å²) in [4.78, 5) is 25.6. The molecular formula is C14H23N5O4. The second kappa shape index (κ2) is 6.43. The number of rotatable bonds is 5. The molecule has 0 aromatic carbocycles. The summed E-state index contributed by atoms with van der Waals surface area (Å²) in [6.07, 6.45) is 2.89. The molecule has 0 saturated carbocycles. The molecule has 9 nitrogen and oxygen atoms in total. The highest BCUT2D eigenvalue weighted by molar-refractivity contribution is 5.67. The minimum atomic E-state index is -0.942. The second-order valence-corrected chi connectivity index (χ2v) is 6.19. The van der Waals surface area contributed by atoms with Gasteiger partial charge in [0.15, 0.2) is 0 Å². The quantitative estimate of drug-likeness (QED) is 0.656. The van der Waals surface area contributed by atoms with Crippen LogP contribution in [-0.4, -0.2) is 56.0 Å². The van der Waals surface area contributed by atoms with E-state index in [1.54, 1.807) is 7.05 Å². The van der Waals surface area contributed by atoms with Gasteiger partial charge in [0.05, 0.1) is 10.5 Å². The number of aromatic nitrogens is 2. The smallest absolute Gasteiger partial charge is 0.407 e. The Morgan fingerprint density at radius 1 is 1.52 bits per heavy atom. The maximum atomic E-state index is 11.6. The normalized spacial score (nSPS) is 21.5. The van der Waals surface area contributed by atoms with E-state index in [0.29, 0.717) is 25.5 Å². The third-order valence-corrected chi connectivity index (χ3v) is 4.46. The molecular weight excluding hydrogens is 302 g/mol. The number of piperazine rings is 1. The first-order valence-corrected chi connectivity index (χ1v) is 7.72. The third kappa shape index (κ3) is 3.22. The van der Waals surface area contributed by atoms with E-state index in [1.807, 2.05) is 11.8 Å². The van der Waals surface area contributed by atoms with Crippen LogP contribution in [0.15, 0.2) is 6.20 Å². The van der Waals surface area contributed by atoms with Crippen LogP contribution in [0, 0.1) is 10.1 Å². The first kappa shape index (κ1) is 17.0.